The van der Waals surface area contributed by atoms with Gasteiger partial charge in [-0.15, -0.1) is 0 Å². The first-order chi connectivity index (χ1) is 8.66. The predicted octanol–water partition coefficient (Wildman–Crippen LogP) is 3.65. The van der Waals surface area contributed by atoms with Crippen LogP contribution in [0.4, 0.5) is 5.69 Å². The van der Waals surface area contributed by atoms with Crippen molar-refractivity contribution in [2.45, 2.75) is 6.54 Å². The summed E-state index contributed by atoms with van der Waals surface area (Å²) in [7, 11) is 0. The monoisotopic (exact) mass is 261 g/mol. The van der Waals surface area contributed by atoms with Crippen molar-refractivity contribution in [2.24, 2.45) is 0 Å². The summed E-state index contributed by atoms with van der Waals surface area (Å²) in [6.45, 7) is 0.572. The number of carboxylic acids is 1. The summed E-state index contributed by atoms with van der Waals surface area (Å²) < 4.78 is 0. The summed E-state index contributed by atoms with van der Waals surface area (Å²) in [4.78, 5) is 11.1. The number of benzene rings is 2. The molecule has 0 aliphatic carbocycles. The second-order valence-electron chi connectivity index (χ2n) is 3.83. The van der Waals surface area contributed by atoms with Crippen molar-refractivity contribution in [2.75, 3.05) is 5.32 Å². The molecule has 0 fully saturated rings. The number of carbonyl (C=O) groups is 1. The molecule has 0 saturated heterocycles. The van der Waals surface area contributed by atoms with E-state index in [1.54, 1.807) is 12.1 Å². The van der Waals surface area contributed by atoms with Gasteiger partial charge in [0.05, 0.1) is 5.56 Å². The number of anilines is 1. The summed E-state index contributed by atoms with van der Waals surface area (Å²) >= 11 is 5.79. The number of halogens is 1. The number of rotatable bonds is 4. The van der Waals surface area contributed by atoms with E-state index in [-0.39, 0.29) is 5.56 Å². The zero-order valence-electron chi connectivity index (χ0n) is 9.56. The van der Waals surface area contributed by atoms with Crippen LogP contribution in [0.1, 0.15) is 15.9 Å². The molecular weight excluding hydrogens is 250 g/mol. The number of hydrogen-bond acceptors (Lipinski definition) is 2. The van der Waals surface area contributed by atoms with Crippen LogP contribution in [0, 0.1) is 0 Å². The first-order valence-electron chi connectivity index (χ1n) is 5.47. The number of nitrogens with one attached hydrogen (secondary N) is 1. The second-order valence-corrected chi connectivity index (χ2v) is 4.27. The predicted molar refractivity (Wildman–Crippen MR) is 72.2 cm³/mol. The van der Waals surface area contributed by atoms with E-state index in [4.69, 9.17) is 16.7 Å². The fourth-order valence-electron chi connectivity index (χ4n) is 1.64. The van der Waals surface area contributed by atoms with Crippen LogP contribution < -0.4 is 5.32 Å². The van der Waals surface area contributed by atoms with Gasteiger partial charge >= 0.3 is 5.97 Å². The molecule has 0 aliphatic heterocycles. The van der Waals surface area contributed by atoms with Gasteiger partial charge in [-0.1, -0.05) is 41.9 Å². The van der Waals surface area contributed by atoms with Crippen molar-refractivity contribution < 1.29 is 9.90 Å². The SMILES string of the molecule is O=C(O)c1cc(Cl)ccc1NCc1ccccc1. The molecule has 4 heteroatoms. The average Bonchev–Trinajstić information content (AvgIpc) is 2.38. The molecule has 2 aromatic rings. The minimum absolute atomic E-state index is 0.179. The van der Waals surface area contributed by atoms with Crippen LogP contribution in [0.25, 0.3) is 0 Å². The Labute approximate surface area is 110 Å². The van der Waals surface area contributed by atoms with E-state index in [2.05, 4.69) is 5.32 Å². The molecule has 0 aliphatic rings. The van der Waals surface area contributed by atoms with E-state index in [0.717, 1.165) is 5.56 Å². The van der Waals surface area contributed by atoms with E-state index < -0.39 is 5.97 Å². The Morgan fingerprint density at radius 3 is 2.56 bits per heavy atom. The molecule has 0 unspecified atom stereocenters. The van der Waals surface area contributed by atoms with Crippen LogP contribution in [-0.2, 0) is 6.54 Å². The highest BCUT2D eigenvalue weighted by Gasteiger charge is 2.10. The molecule has 0 aromatic heterocycles. The Kier molecular flexibility index (Phi) is 3.85. The lowest BCUT2D eigenvalue weighted by Gasteiger charge is -2.10. The Hall–Kier alpha value is -2.00. The van der Waals surface area contributed by atoms with E-state index >= 15 is 0 Å². The van der Waals surface area contributed by atoms with Crippen LogP contribution in [-0.4, -0.2) is 11.1 Å². The second kappa shape index (κ2) is 5.56. The topological polar surface area (TPSA) is 49.3 Å². The summed E-state index contributed by atoms with van der Waals surface area (Å²) in [5.41, 5.74) is 1.83. The van der Waals surface area contributed by atoms with Crippen molar-refractivity contribution in [1.29, 1.82) is 0 Å². The minimum Gasteiger partial charge on any atom is -0.478 e. The van der Waals surface area contributed by atoms with Crippen molar-refractivity contribution >= 4 is 23.3 Å². The molecule has 0 heterocycles. The molecule has 0 bridgehead atoms. The molecule has 92 valence electrons. The molecule has 0 atom stereocenters. The maximum Gasteiger partial charge on any atom is 0.337 e. The summed E-state index contributed by atoms with van der Waals surface area (Å²) in [5, 5.41) is 12.6. The fourth-order valence-corrected chi connectivity index (χ4v) is 1.81. The fraction of sp³-hybridized carbons (Fsp3) is 0.0714. The molecule has 2 aromatic carbocycles. The lowest BCUT2D eigenvalue weighted by molar-refractivity contribution is 0.0698. The van der Waals surface area contributed by atoms with Gasteiger partial charge in [0, 0.05) is 17.3 Å². The molecule has 0 saturated carbocycles. The Bertz CT molecular complexity index is 555. The van der Waals surface area contributed by atoms with Gasteiger partial charge in [-0.05, 0) is 23.8 Å². The Morgan fingerprint density at radius 2 is 1.89 bits per heavy atom. The zero-order valence-corrected chi connectivity index (χ0v) is 10.3. The smallest absolute Gasteiger partial charge is 0.337 e. The van der Waals surface area contributed by atoms with Gasteiger partial charge in [0.1, 0.15) is 0 Å². The quantitative estimate of drug-likeness (QED) is 0.883. The first kappa shape index (κ1) is 12.5. The van der Waals surface area contributed by atoms with Crippen molar-refractivity contribution in [3.8, 4) is 0 Å². The molecule has 0 spiro atoms. The first-order valence-corrected chi connectivity index (χ1v) is 5.85. The highest BCUT2D eigenvalue weighted by Crippen LogP contribution is 2.21. The molecule has 2 rings (SSSR count). The van der Waals surface area contributed by atoms with E-state index in [1.165, 1.54) is 6.07 Å². The molecule has 0 radical (unpaired) electrons. The summed E-state index contributed by atoms with van der Waals surface area (Å²) in [5.74, 6) is -0.993. The van der Waals surface area contributed by atoms with Gasteiger partial charge in [0.2, 0.25) is 0 Å². The molecule has 18 heavy (non-hydrogen) atoms. The molecule has 3 nitrogen and oxygen atoms in total. The molecular formula is C14H12ClNO2. The van der Waals surface area contributed by atoms with Crippen LogP contribution >= 0.6 is 11.6 Å². The van der Waals surface area contributed by atoms with Gasteiger partial charge in [-0.2, -0.15) is 0 Å². The lowest BCUT2D eigenvalue weighted by Crippen LogP contribution is -2.06. The van der Waals surface area contributed by atoms with Crippen LogP contribution in [0.15, 0.2) is 48.5 Å². The number of carboxylic acid groups (broad SMARTS) is 1. The van der Waals surface area contributed by atoms with Gasteiger partial charge in [-0.3, -0.25) is 0 Å². The average molecular weight is 262 g/mol. The standard InChI is InChI=1S/C14H12ClNO2/c15-11-6-7-13(12(8-11)14(17)18)16-9-10-4-2-1-3-5-10/h1-8,16H,9H2,(H,17,18). The highest BCUT2D eigenvalue weighted by molar-refractivity contribution is 6.31. The lowest BCUT2D eigenvalue weighted by atomic mass is 10.1. The maximum absolute atomic E-state index is 11.1. The van der Waals surface area contributed by atoms with Crippen molar-refractivity contribution in [1.82, 2.24) is 0 Å². The Balaban J connectivity index is 2.17. The van der Waals surface area contributed by atoms with Crippen LogP contribution in [0.5, 0.6) is 0 Å². The Morgan fingerprint density at radius 1 is 1.17 bits per heavy atom. The van der Waals surface area contributed by atoms with Crippen molar-refractivity contribution in [3.05, 3.63) is 64.7 Å². The zero-order chi connectivity index (χ0) is 13.0. The largest absolute Gasteiger partial charge is 0.478 e. The van der Waals surface area contributed by atoms with Gasteiger partial charge < -0.3 is 10.4 Å². The maximum atomic E-state index is 11.1. The molecule has 0 amide bonds. The van der Waals surface area contributed by atoms with E-state index in [0.29, 0.717) is 17.3 Å². The third kappa shape index (κ3) is 3.02. The normalized spacial score (nSPS) is 10.1. The van der Waals surface area contributed by atoms with Gasteiger partial charge in [0.25, 0.3) is 0 Å². The van der Waals surface area contributed by atoms with Crippen LogP contribution in [0.2, 0.25) is 5.02 Å². The molecule has 2 N–H and O–H groups in total. The number of hydrogen-bond donors (Lipinski definition) is 2. The minimum atomic E-state index is -0.993. The summed E-state index contributed by atoms with van der Waals surface area (Å²) in [6, 6.07) is 14.6. The van der Waals surface area contributed by atoms with E-state index in [1.807, 2.05) is 30.3 Å². The highest BCUT2D eigenvalue weighted by atomic mass is 35.5. The summed E-state index contributed by atoms with van der Waals surface area (Å²) in [6.07, 6.45) is 0. The third-order valence-corrected chi connectivity index (χ3v) is 2.77. The van der Waals surface area contributed by atoms with Crippen LogP contribution in [0.3, 0.4) is 0 Å². The van der Waals surface area contributed by atoms with Crippen molar-refractivity contribution in [3.63, 3.8) is 0 Å². The van der Waals surface area contributed by atoms with Gasteiger partial charge in [-0.25, -0.2) is 4.79 Å². The number of aromatic carboxylic acids is 1. The van der Waals surface area contributed by atoms with Gasteiger partial charge in [0.15, 0.2) is 0 Å². The van der Waals surface area contributed by atoms with E-state index in [9.17, 15) is 4.79 Å². The third-order valence-electron chi connectivity index (χ3n) is 2.54.